The number of nitrogens with one attached hydrogen (secondary N) is 2. The number of piperazine rings is 1. The number of likely N-dealkylation sites (tertiary alicyclic amines) is 1. The minimum absolute atomic E-state index is 0. The zero-order chi connectivity index (χ0) is 63.7. The van der Waals surface area contributed by atoms with E-state index in [1.807, 2.05) is 4.90 Å². The van der Waals surface area contributed by atoms with E-state index in [4.69, 9.17) is 18.7 Å². The smallest absolute Gasteiger partial charge is 0.410 e. The molecule has 0 spiro atoms. The van der Waals surface area contributed by atoms with E-state index in [2.05, 4.69) is 79.2 Å². The molecule has 92 heavy (non-hydrogen) atoms. The number of aromatic nitrogens is 2. The maximum Gasteiger partial charge on any atom is 0.410 e. The van der Waals surface area contributed by atoms with Crippen LogP contribution in [-0.4, -0.2) is 138 Å². The van der Waals surface area contributed by atoms with Crippen LogP contribution < -0.4 is 10.6 Å². The second-order valence-electron chi connectivity index (χ2n) is 34.1. The predicted molar refractivity (Wildman–Crippen MR) is 352 cm³/mol. The number of carbonyl (C=O) groups excluding carboxylic acids is 6. The zero-order valence-corrected chi connectivity index (χ0v) is 56.9. The van der Waals surface area contributed by atoms with E-state index in [1.54, 1.807) is 0 Å². The molecular weight excluding hydrogens is 1160 g/mol. The molecule has 1 aromatic rings. The molecule has 14 aliphatic rings. The maximum absolute atomic E-state index is 12.7. The largest absolute Gasteiger partial charge is 0.446 e. The highest BCUT2D eigenvalue weighted by molar-refractivity contribution is 5.88. The van der Waals surface area contributed by atoms with Crippen molar-refractivity contribution in [3.8, 4) is 0 Å². The molecular formula is C75H119N7O10. The average molecular weight is 1280 g/mol. The van der Waals surface area contributed by atoms with E-state index in [0.29, 0.717) is 93.4 Å². The molecule has 15 rings (SSSR count). The lowest BCUT2D eigenvalue weighted by Gasteiger charge is -2.60. The van der Waals surface area contributed by atoms with Gasteiger partial charge in [-0.25, -0.2) is 14.4 Å². The van der Waals surface area contributed by atoms with E-state index in [9.17, 15) is 28.8 Å². The summed E-state index contributed by atoms with van der Waals surface area (Å²) in [6.07, 6.45) is 32.8. The molecule has 0 radical (unpaired) electrons. The molecule has 21 unspecified atom stereocenters. The van der Waals surface area contributed by atoms with E-state index in [-0.39, 0.29) is 60.7 Å². The Morgan fingerprint density at radius 1 is 0.511 bits per heavy atom. The van der Waals surface area contributed by atoms with Gasteiger partial charge in [0, 0.05) is 74.8 Å². The number of hydrogen-bond acceptors (Lipinski definition) is 14. The number of alkyl carbamates (subject to hydrolysis) is 2. The lowest BCUT2D eigenvalue weighted by atomic mass is 9.45. The topological polar surface area (TPSA) is 203 Å². The quantitative estimate of drug-likeness (QED) is 0.233. The normalized spacial score (nSPS) is 44.3. The first-order valence-corrected chi connectivity index (χ1v) is 37.2. The van der Waals surface area contributed by atoms with Gasteiger partial charge in [0.05, 0.1) is 0 Å². The molecule has 3 heterocycles. The van der Waals surface area contributed by atoms with E-state index >= 15 is 0 Å². The van der Waals surface area contributed by atoms with Gasteiger partial charge >= 0.3 is 18.3 Å². The van der Waals surface area contributed by atoms with Crippen molar-refractivity contribution in [2.24, 2.45) is 104 Å². The van der Waals surface area contributed by atoms with Crippen LogP contribution >= 0.6 is 0 Å². The standard InChI is InChI=1S/C26H42N2O3.C25H40N2O3.C23H33N3O4.CH4/c1-25-11-9-19(31-24(30)27-13-16-28-14-3-4-15-28)17-18(25)5-6-20-21-7-8-23(29)26(21,2)12-10-22(20)25;1-24-10-8-18(30-23(29)27-14-12-26(3)13-15-27)16-17(24)4-5-19-20-6-7-22(28)25(20,2)11-9-21(19)24;1-22-9-7-15(29-21(28)24-12-20-25-13-26-30-20)11-14(22)3-4-16-17-5-6-19(27)23(17,2)10-8-18(16)22;/h18-22H,3-17H2,1-2H3,(H,27,30);17-21H,4-16H2,1-3H3;13-18H,3-12H2,1-2H3,(H,24,28);1H4. The minimum atomic E-state index is -0.409. The van der Waals surface area contributed by atoms with Gasteiger partial charge in [0.15, 0.2) is 6.33 Å². The number of likely N-dealkylation sites (N-methyl/N-ethyl adjacent to an activating group) is 1. The van der Waals surface area contributed by atoms with Crippen molar-refractivity contribution in [2.45, 2.75) is 260 Å². The highest BCUT2D eigenvalue weighted by Gasteiger charge is 2.64. The summed E-state index contributed by atoms with van der Waals surface area (Å²) in [4.78, 5) is 85.5. The average Bonchev–Trinajstić information content (AvgIpc) is 1.31. The van der Waals surface area contributed by atoms with Gasteiger partial charge in [0.1, 0.15) is 42.2 Å². The molecule has 14 fully saturated rings. The minimum Gasteiger partial charge on any atom is -0.446 e. The van der Waals surface area contributed by atoms with Gasteiger partial charge < -0.3 is 44.1 Å². The molecule has 2 aliphatic heterocycles. The number of hydrogen-bond donors (Lipinski definition) is 2. The van der Waals surface area contributed by atoms with Crippen LogP contribution in [0.3, 0.4) is 0 Å². The molecule has 0 aromatic carbocycles. The molecule has 12 saturated carbocycles. The first kappa shape index (κ1) is 67.8. The first-order valence-electron chi connectivity index (χ1n) is 37.2. The molecule has 21 atom stereocenters. The van der Waals surface area contributed by atoms with Crippen LogP contribution in [-0.2, 0) is 35.1 Å². The number of ether oxygens (including phenoxy) is 3. The third-order valence-corrected chi connectivity index (χ3v) is 30.2. The summed E-state index contributed by atoms with van der Waals surface area (Å²) >= 11 is 0. The summed E-state index contributed by atoms with van der Waals surface area (Å²) in [5.41, 5.74) is 0.934. The van der Waals surface area contributed by atoms with Crippen molar-refractivity contribution >= 4 is 35.6 Å². The Bertz CT molecular complexity index is 2810. The van der Waals surface area contributed by atoms with Crippen LogP contribution in [0.5, 0.6) is 0 Å². The molecule has 3 amide bonds. The van der Waals surface area contributed by atoms with Crippen LogP contribution in [0.15, 0.2) is 10.9 Å². The monoisotopic (exact) mass is 1280 g/mol. The van der Waals surface area contributed by atoms with Gasteiger partial charge in [-0.1, -0.05) is 54.1 Å². The van der Waals surface area contributed by atoms with Crippen LogP contribution in [0.2, 0.25) is 0 Å². The van der Waals surface area contributed by atoms with E-state index in [1.165, 1.54) is 89.8 Å². The molecule has 2 saturated heterocycles. The Kier molecular flexibility index (Phi) is 20.0. The first-order chi connectivity index (χ1) is 43.6. The molecule has 514 valence electrons. The lowest BCUT2D eigenvalue weighted by Crippen LogP contribution is -2.54. The fourth-order valence-electron chi connectivity index (χ4n) is 24.6. The van der Waals surface area contributed by atoms with Crippen LogP contribution in [0.4, 0.5) is 14.4 Å². The molecule has 2 N–H and O–H groups in total. The van der Waals surface area contributed by atoms with Gasteiger partial charge in [-0.15, -0.1) is 0 Å². The lowest BCUT2D eigenvalue weighted by molar-refractivity contribution is -0.143. The Balaban J connectivity index is 0.000000132. The van der Waals surface area contributed by atoms with Crippen molar-refractivity contribution < 1.29 is 47.5 Å². The maximum atomic E-state index is 12.7. The summed E-state index contributed by atoms with van der Waals surface area (Å²) in [7, 11) is 2.11. The third-order valence-electron chi connectivity index (χ3n) is 30.2. The number of carbonyl (C=O) groups is 6. The summed E-state index contributed by atoms with van der Waals surface area (Å²) < 4.78 is 22.5. The van der Waals surface area contributed by atoms with Crippen LogP contribution in [0.25, 0.3) is 0 Å². The summed E-state index contributed by atoms with van der Waals surface area (Å²) in [6.45, 7) is 21.9. The molecule has 17 heteroatoms. The molecule has 1 aromatic heterocycles. The zero-order valence-electron chi connectivity index (χ0n) is 56.9. The van der Waals surface area contributed by atoms with Crippen molar-refractivity contribution in [3.63, 3.8) is 0 Å². The number of amides is 3. The van der Waals surface area contributed by atoms with Crippen LogP contribution in [0, 0.1) is 104 Å². The highest BCUT2D eigenvalue weighted by Crippen LogP contribution is 2.69. The molecule has 17 nitrogen and oxygen atoms in total. The van der Waals surface area contributed by atoms with Crippen LogP contribution in [0.1, 0.15) is 241 Å². The van der Waals surface area contributed by atoms with Crippen molar-refractivity contribution in [3.05, 3.63) is 12.2 Å². The van der Waals surface area contributed by atoms with Crippen molar-refractivity contribution in [2.75, 3.05) is 59.4 Å². The van der Waals surface area contributed by atoms with Crippen molar-refractivity contribution in [1.29, 1.82) is 0 Å². The predicted octanol–water partition coefficient (Wildman–Crippen LogP) is 14.1. The van der Waals surface area contributed by atoms with Gasteiger partial charge in [0.25, 0.3) is 0 Å². The SMILES string of the molecule is C.CC12CCC3C(CCC4CC(OC(=O)NCCN5CCCC5)CCC43C)C1CCC2=O.CC12CCC3C(CCC4CC(OC(=O)NCc5ncno5)CCC43C)C1CCC2=O.CN1CCN(C(=O)OC2CCC3(C)C(CCC4C5CCC(=O)C5(C)CCC43)C2)CC1. The summed E-state index contributed by atoms with van der Waals surface area (Å²) in [6, 6.07) is 0. The van der Waals surface area contributed by atoms with Gasteiger partial charge in [0.2, 0.25) is 5.89 Å². The molecule has 0 bridgehead atoms. The Hall–Kier alpha value is -4.12. The number of fused-ring (bicyclic) bond motifs is 15. The van der Waals surface area contributed by atoms with E-state index < -0.39 is 6.09 Å². The fourth-order valence-corrected chi connectivity index (χ4v) is 24.6. The Morgan fingerprint density at radius 3 is 1.34 bits per heavy atom. The fraction of sp³-hybridized carbons (Fsp3) is 0.893. The number of Topliss-reactive ketones (excluding diaryl/α,β-unsaturated/α-hetero) is 3. The number of nitrogens with zero attached hydrogens (tertiary/aromatic N) is 5. The van der Waals surface area contributed by atoms with E-state index in [0.717, 1.165) is 172 Å². The summed E-state index contributed by atoms with van der Waals surface area (Å²) in [5.74, 6) is 10.1. The number of rotatable bonds is 8. The van der Waals surface area contributed by atoms with Gasteiger partial charge in [-0.3, -0.25) is 14.4 Å². The second kappa shape index (κ2) is 27.1. The van der Waals surface area contributed by atoms with Gasteiger partial charge in [-0.05, 0) is 274 Å². The van der Waals surface area contributed by atoms with Crippen molar-refractivity contribution in [1.82, 2.24) is 35.5 Å². The van der Waals surface area contributed by atoms with Gasteiger partial charge in [-0.2, -0.15) is 4.98 Å². The second-order valence-corrected chi connectivity index (χ2v) is 34.1. The number of ketones is 3. The highest BCUT2D eigenvalue weighted by atomic mass is 16.6. The Morgan fingerprint density at radius 2 is 0.924 bits per heavy atom. The third kappa shape index (κ3) is 12.7. The Labute approximate surface area is 551 Å². The summed E-state index contributed by atoms with van der Waals surface area (Å²) in [5, 5.41) is 9.22. The molecule has 12 aliphatic carbocycles.